The number of nitrogens with zero attached hydrogens (tertiary/aromatic N) is 5. The van der Waals surface area contributed by atoms with Gasteiger partial charge in [0.25, 0.3) is 0 Å². The van der Waals surface area contributed by atoms with Gasteiger partial charge in [-0.05, 0) is 19.1 Å². The quantitative estimate of drug-likeness (QED) is 0.816. The van der Waals surface area contributed by atoms with Gasteiger partial charge in [-0.2, -0.15) is 13.2 Å². The van der Waals surface area contributed by atoms with Crippen LogP contribution in [-0.4, -0.2) is 47.0 Å². The van der Waals surface area contributed by atoms with E-state index in [9.17, 15) is 18.0 Å². The Bertz CT molecular complexity index is 900. The zero-order valence-electron chi connectivity index (χ0n) is 17.4. The van der Waals surface area contributed by atoms with Crippen molar-refractivity contribution >= 4 is 23.2 Å². The molecule has 0 saturated carbocycles. The van der Waals surface area contributed by atoms with Crippen LogP contribution in [0.5, 0.6) is 0 Å². The van der Waals surface area contributed by atoms with Crippen LogP contribution >= 0.6 is 0 Å². The summed E-state index contributed by atoms with van der Waals surface area (Å²) in [5, 5.41) is 2.78. The van der Waals surface area contributed by atoms with Gasteiger partial charge < -0.3 is 15.1 Å². The number of halogens is 3. The molecule has 2 aromatic rings. The third-order valence-corrected chi connectivity index (χ3v) is 4.75. The summed E-state index contributed by atoms with van der Waals surface area (Å²) in [4.78, 5) is 27.9. The van der Waals surface area contributed by atoms with Gasteiger partial charge in [0.2, 0.25) is 5.91 Å². The molecule has 0 unspecified atom stereocenters. The molecule has 7 nitrogen and oxygen atoms in total. The second-order valence-electron chi connectivity index (χ2n) is 8.24. The smallest absolute Gasteiger partial charge is 0.367 e. The van der Waals surface area contributed by atoms with Gasteiger partial charge in [0.1, 0.15) is 23.2 Å². The van der Waals surface area contributed by atoms with Crippen LogP contribution in [0, 0.1) is 12.3 Å². The van der Waals surface area contributed by atoms with Crippen LogP contribution in [0.2, 0.25) is 0 Å². The van der Waals surface area contributed by atoms with Crippen LogP contribution in [0.15, 0.2) is 24.4 Å². The first-order chi connectivity index (χ1) is 13.9. The Morgan fingerprint density at radius 2 is 1.67 bits per heavy atom. The van der Waals surface area contributed by atoms with E-state index in [0.29, 0.717) is 32.0 Å². The molecule has 1 amide bonds. The summed E-state index contributed by atoms with van der Waals surface area (Å²) < 4.78 is 39.1. The van der Waals surface area contributed by atoms with Crippen molar-refractivity contribution in [1.29, 1.82) is 0 Å². The monoisotopic (exact) mass is 422 g/mol. The SMILES string of the molecule is Cc1nc(N2CCN(c3ccc(NC(=O)C(C)(C)C)nc3)CC2)cc(C(F)(F)F)n1. The lowest BCUT2D eigenvalue weighted by atomic mass is 9.96. The average Bonchev–Trinajstić information content (AvgIpc) is 2.67. The van der Waals surface area contributed by atoms with Crippen molar-refractivity contribution in [1.82, 2.24) is 15.0 Å². The number of pyridine rings is 1. The van der Waals surface area contributed by atoms with Gasteiger partial charge >= 0.3 is 6.18 Å². The second-order valence-corrected chi connectivity index (χ2v) is 8.24. The van der Waals surface area contributed by atoms with Gasteiger partial charge in [-0.3, -0.25) is 4.79 Å². The Morgan fingerprint density at radius 1 is 1.03 bits per heavy atom. The predicted octanol–water partition coefficient (Wildman–Crippen LogP) is 3.51. The first kappa shape index (κ1) is 21.8. The highest BCUT2D eigenvalue weighted by molar-refractivity contribution is 5.93. The number of carbonyl (C=O) groups excluding carboxylic acids is 1. The molecule has 0 radical (unpaired) electrons. The highest BCUT2D eigenvalue weighted by Crippen LogP contribution is 2.30. The summed E-state index contributed by atoms with van der Waals surface area (Å²) in [5.41, 5.74) is -0.551. The minimum atomic E-state index is -4.50. The van der Waals surface area contributed by atoms with Gasteiger partial charge in [-0.25, -0.2) is 15.0 Å². The van der Waals surface area contributed by atoms with Gasteiger partial charge in [-0.1, -0.05) is 20.8 Å². The number of alkyl halides is 3. The predicted molar refractivity (Wildman–Crippen MR) is 109 cm³/mol. The van der Waals surface area contributed by atoms with Crippen molar-refractivity contribution in [2.75, 3.05) is 41.3 Å². The molecule has 0 atom stereocenters. The topological polar surface area (TPSA) is 74.2 Å². The van der Waals surface area contributed by atoms with E-state index in [4.69, 9.17) is 0 Å². The summed E-state index contributed by atoms with van der Waals surface area (Å²) in [5.74, 6) is 0.746. The van der Waals surface area contributed by atoms with Gasteiger partial charge in [0.05, 0.1) is 11.9 Å². The first-order valence-corrected chi connectivity index (χ1v) is 9.64. The highest BCUT2D eigenvalue weighted by atomic mass is 19.4. The molecule has 1 fully saturated rings. The molecule has 1 aliphatic heterocycles. The lowest BCUT2D eigenvalue weighted by Crippen LogP contribution is -2.47. The van der Waals surface area contributed by atoms with Crippen molar-refractivity contribution in [3.05, 3.63) is 35.9 Å². The highest BCUT2D eigenvalue weighted by Gasteiger charge is 2.34. The number of hydrogen-bond donors (Lipinski definition) is 1. The maximum absolute atomic E-state index is 13.0. The standard InChI is InChI=1S/C20H25F3N6O/c1-13-25-15(20(21,22)23)11-17(26-13)29-9-7-28(8-10-29)14-5-6-16(24-12-14)27-18(30)19(2,3)4/h5-6,11-12H,7-10H2,1-4H3,(H,24,27,30). The van der Waals surface area contributed by atoms with Crippen molar-refractivity contribution in [3.63, 3.8) is 0 Å². The summed E-state index contributed by atoms with van der Waals surface area (Å²) in [6.45, 7) is 9.21. The molecule has 0 spiro atoms. The number of aromatic nitrogens is 3. The average molecular weight is 422 g/mol. The number of anilines is 3. The Hall–Kier alpha value is -2.91. The minimum absolute atomic E-state index is 0.0966. The molecule has 0 aromatic carbocycles. The maximum Gasteiger partial charge on any atom is 0.433 e. The molecule has 2 aromatic heterocycles. The first-order valence-electron chi connectivity index (χ1n) is 9.64. The molecular formula is C20H25F3N6O. The molecule has 1 saturated heterocycles. The van der Waals surface area contributed by atoms with E-state index in [2.05, 4.69) is 25.2 Å². The van der Waals surface area contributed by atoms with Gasteiger partial charge in [0, 0.05) is 37.7 Å². The fraction of sp³-hybridized carbons (Fsp3) is 0.500. The molecule has 0 bridgehead atoms. The third-order valence-electron chi connectivity index (χ3n) is 4.75. The Kier molecular flexibility index (Phi) is 5.87. The number of carbonyl (C=O) groups is 1. The molecular weight excluding hydrogens is 397 g/mol. The van der Waals surface area contributed by atoms with Crippen LogP contribution in [0.4, 0.5) is 30.5 Å². The number of aryl methyl sites for hydroxylation is 1. The van der Waals surface area contributed by atoms with Crippen molar-refractivity contribution in [3.8, 4) is 0 Å². The summed E-state index contributed by atoms with van der Waals surface area (Å²) >= 11 is 0. The van der Waals surface area contributed by atoms with E-state index < -0.39 is 17.3 Å². The normalized spacial score (nSPS) is 15.3. The Labute approximate surface area is 173 Å². The summed E-state index contributed by atoms with van der Waals surface area (Å²) in [6.07, 6.45) is -2.81. The van der Waals surface area contributed by atoms with E-state index >= 15 is 0 Å². The van der Waals surface area contributed by atoms with Crippen molar-refractivity contribution in [2.24, 2.45) is 5.41 Å². The second kappa shape index (κ2) is 8.08. The fourth-order valence-corrected chi connectivity index (χ4v) is 3.00. The number of nitrogens with one attached hydrogen (secondary N) is 1. The summed E-state index contributed by atoms with van der Waals surface area (Å²) in [7, 11) is 0. The number of amides is 1. The molecule has 10 heteroatoms. The van der Waals surface area contributed by atoms with Crippen LogP contribution in [0.3, 0.4) is 0 Å². The lowest BCUT2D eigenvalue weighted by Gasteiger charge is -2.36. The zero-order valence-corrected chi connectivity index (χ0v) is 17.4. The van der Waals surface area contributed by atoms with E-state index in [0.717, 1.165) is 11.8 Å². The number of piperazine rings is 1. The van der Waals surface area contributed by atoms with E-state index in [1.54, 1.807) is 12.3 Å². The Morgan fingerprint density at radius 3 is 2.20 bits per heavy atom. The number of rotatable bonds is 3. The van der Waals surface area contributed by atoms with E-state index in [1.807, 2.05) is 31.7 Å². The summed E-state index contributed by atoms with van der Waals surface area (Å²) in [6, 6.07) is 4.61. The van der Waals surface area contributed by atoms with E-state index in [-0.39, 0.29) is 17.5 Å². The van der Waals surface area contributed by atoms with Gasteiger partial charge in [0.15, 0.2) is 0 Å². The minimum Gasteiger partial charge on any atom is -0.367 e. The van der Waals surface area contributed by atoms with Crippen LogP contribution in [0.25, 0.3) is 0 Å². The van der Waals surface area contributed by atoms with Crippen molar-refractivity contribution < 1.29 is 18.0 Å². The Balaban J connectivity index is 1.63. The molecule has 3 heterocycles. The van der Waals surface area contributed by atoms with Crippen molar-refractivity contribution in [2.45, 2.75) is 33.9 Å². The molecule has 0 aliphatic carbocycles. The van der Waals surface area contributed by atoms with Gasteiger partial charge in [-0.15, -0.1) is 0 Å². The molecule has 162 valence electrons. The van der Waals surface area contributed by atoms with E-state index in [1.165, 1.54) is 6.92 Å². The largest absolute Gasteiger partial charge is 0.433 e. The number of hydrogen-bond acceptors (Lipinski definition) is 6. The maximum atomic E-state index is 13.0. The molecule has 3 rings (SSSR count). The van der Waals surface area contributed by atoms with Crippen LogP contribution < -0.4 is 15.1 Å². The zero-order chi connectivity index (χ0) is 22.1. The molecule has 30 heavy (non-hydrogen) atoms. The molecule has 1 N–H and O–H groups in total. The fourth-order valence-electron chi connectivity index (χ4n) is 3.00. The molecule has 1 aliphatic rings. The third kappa shape index (κ3) is 5.17. The van der Waals surface area contributed by atoms with Crippen LogP contribution in [0.1, 0.15) is 32.3 Å². The lowest BCUT2D eigenvalue weighted by molar-refractivity contribution is -0.141. The van der Waals surface area contributed by atoms with Crippen LogP contribution in [-0.2, 0) is 11.0 Å².